The molecule has 4 atom stereocenters. The Kier molecular flexibility index (Phi) is 6.80. The van der Waals surface area contributed by atoms with Gasteiger partial charge in [0.25, 0.3) is 0 Å². The predicted molar refractivity (Wildman–Crippen MR) is 76.2 cm³/mol. The lowest BCUT2D eigenvalue weighted by Gasteiger charge is -2.32. The fourth-order valence-electron chi connectivity index (χ4n) is 2.68. The number of carbonyl (C=O) groups is 1. The van der Waals surface area contributed by atoms with E-state index in [2.05, 4.69) is 19.2 Å². The molecule has 2 N–H and O–H groups in total. The highest BCUT2D eigenvalue weighted by atomic mass is 16.5. The average Bonchev–Trinajstić information content (AvgIpc) is 2.31. The molecule has 112 valence electrons. The molecule has 0 radical (unpaired) electrons. The van der Waals surface area contributed by atoms with E-state index in [4.69, 9.17) is 9.84 Å². The van der Waals surface area contributed by atoms with Crippen LogP contribution < -0.4 is 5.32 Å². The van der Waals surface area contributed by atoms with E-state index in [1.165, 1.54) is 6.42 Å². The van der Waals surface area contributed by atoms with E-state index < -0.39 is 12.0 Å². The zero-order valence-electron chi connectivity index (χ0n) is 12.7. The third-order valence-electron chi connectivity index (χ3n) is 4.14. The van der Waals surface area contributed by atoms with Crippen molar-refractivity contribution < 1.29 is 14.6 Å². The second-order valence-electron chi connectivity index (χ2n) is 6.26. The molecule has 1 fully saturated rings. The number of carboxylic acids is 1. The second-order valence-corrected chi connectivity index (χ2v) is 6.26. The molecule has 0 aromatic heterocycles. The third-order valence-corrected chi connectivity index (χ3v) is 4.14. The number of carboxylic acid groups (broad SMARTS) is 1. The second kappa shape index (κ2) is 7.85. The summed E-state index contributed by atoms with van der Waals surface area (Å²) < 4.78 is 5.86. The quantitative estimate of drug-likeness (QED) is 0.747. The van der Waals surface area contributed by atoms with Gasteiger partial charge in [-0.05, 0) is 37.5 Å². The SMILES string of the molecule is CC(C)NC(CCOC1CCC(C)C(C)C1)C(=O)O. The Morgan fingerprint density at radius 1 is 1.32 bits per heavy atom. The molecule has 0 aliphatic heterocycles. The van der Waals surface area contributed by atoms with Crippen molar-refractivity contribution in [3.05, 3.63) is 0 Å². The molecular weight excluding hydrogens is 242 g/mol. The van der Waals surface area contributed by atoms with E-state index in [0.29, 0.717) is 25.0 Å². The lowest BCUT2D eigenvalue weighted by molar-refractivity contribution is -0.140. The van der Waals surface area contributed by atoms with Crippen molar-refractivity contribution >= 4 is 5.97 Å². The fourth-order valence-corrected chi connectivity index (χ4v) is 2.68. The van der Waals surface area contributed by atoms with Crippen LogP contribution in [-0.4, -0.2) is 35.9 Å². The summed E-state index contributed by atoms with van der Waals surface area (Å²) in [5.41, 5.74) is 0. The first kappa shape index (κ1) is 16.4. The number of rotatable bonds is 7. The molecule has 0 saturated heterocycles. The normalized spacial score (nSPS) is 29.4. The molecule has 0 heterocycles. The molecule has 1 rings (SSSR count). The van der Waals surface area contributed by atoms with E-state index in [-0.39, 0.29) is 6.04 Å². The monoisotopic (exact) mass is 271 g/mol. The summed E-state index contributed by atoms with van der Waals surface area (Å²) in [5, 5.41) is 12.2. The van der Waals surface area contributed by atoms with Gasteiger partial charge in [-0.25, -0.2) is 0 Å². The van der Waals surface area contributed by atoms with Gasteiger partial charge in [-0.3, -0.25) is 4.79 Å². The van der Waals surface area contributed by atoms with Crippen LogP contribution in [0.2, 0.25) is 0 Å². The van der Waals surface area contributed by atoms with Gasteiger partial charge in [-0.2, -0.15) is 0 Å². The molecule has 4 unspecified atom stereocenters. The van der Waals surface area contributed by atoms with Crippen LogP contribution in [0.25, 0.3) is 0 Å². The predicted octanol–water partition coefficient (Wildman–Crippen LogP) is 2.67. The maximum Gasteiger partial charge on any atom is 0.320 e. The van der Waals surface area contributed by atoms with Crippen molar-refractivity contribution in [3.63, 3.8) is 0 Å². The van der Waals surface area contributed by atoms with Crippen LogP contribution in [0.15, 0.2) is 0 Å². The zero-order valence-corrected chi connectivity index (χ0v) is 12.7. The van der Waals surface area contributed by atoms with Crippen LogP contribution in [0.5, 0.6) is 0 Å². The fraction of sp³-hybridized carbons (Fsp3) is 0.933. The van der Waals surface area contributed by atoms with Crippen LogP contribution in [0, 0.1) is 11.8 Å². The molecule has 1 aliphatic rings. The maximum absolute atomic E-state index is 11.1. The van der Waals surface area contributed by atoms with E-state index in [9.17, 15) is 4.79 Å². The number of hydrogen-bond donors (Lipinski definition) is 2. The molecule has 0 aromatic rings. The van der Waals surface area contributed by atoms with Gasteiger partial charge >= 0.3 is 5.97 Å². The summed E-state index contributed by atoms with van der Waals surface area (Å²) in [4.78, 5) is 11.1. The summed E-state index contributed by atoms with van der Waals surface area (Å²) in [7, 11) is 0. The molecule has 0 amide bonds. The average molecular weight is 271 g/mol. The van der Waals surface area contributed by atoms with E-state index in [1.807, 2.05) is 13.8 Å². The Morgan fingerprint density at radius 3 is 2.53 bits per heavy atom. The van der Waals surface area contributed by atoms with Crippen molar-refractivity contribution in [1.29, 1.82) is 0 Å². The minimum Gasteiger partial charge on any atom is -0.480 e. The van der Waals surface area contributed by atoms with Crippen LogP contribution in [0.1, 0.15) is 53.4 Å². The minimum atomic E-state index is -0.789. The number of nitrogens with one attached hydrogen (secondary N) is 1. The highest BCUT2D eigenvalue weighted by molar-refractivity contribution is 5.73. The Morgan fingerprint density at radius 2 is 2.00 bits per heavy atom. The number of aliphatic carboxylic acids is 1. The van der Waals surface area contributed by atoms with Gasteiger partial charge in [0, 0.05) is 12.6 Å². The Bertz CT molecular complexity index is 281. The van der Waals surface area contributed by atoms with Gasteiger partial charge in [0.15, 0.2) is 0 Å². The topological polar surface area (TPSA) is 58.6 Å². The number of ether oxygens (including phenoxy) is 1. The molecule has 1 aliphatic carbocycles. The van der Waals surface area contributed by atoms with E-state index in [1.54, 1.807) is 0 Å². The number of hydrogen-bond acceptors (Lipinski definition) is 3. The Labute approximate surface area is 116 Å². The van der Waals surface area contributed by atoms with Crippen LogP contribution in [0.3, 0.4) is 0 Å². The van der Waals surface area contributed by atoms with Gasteiger partial charge in [-0.1, -0.05) is 27.7 Å². The molecule has 0 spiro atoms. The summed E-state index contributed by atoms with van der Waals surface area (Å²) in [5.74, 6) is 0.708. The smallest absolute Gasteiger partial charge is 0.320 e. The zero-order chi connectivity index (χ0) is 14.4. The molecule has 19 heavy (non-hydrogen) atoms. The van der Waals surface area contributed by atoms with Crippen LogP contribution in [-0.2, 0) is 9.53 Å². The summed E-state index contributed by atoms with van der Waals surface area (Å²) in [6.07, 6.45) is 4.30. The van der Waals surface area contributed by atoms with Gasteiger partial charge in [0.05, 0.1) is 6.10 Å². The van der Waals surface area contributed by atoms with Crippen molar-refractivity contribution in [1.82, 2.24) is 5.32 Å². The lowest BCUT2D eigenvalue weighted by atomic mass is 9.80. The highest BCUT2D eigenvalue weighted by Gasteiger charge is 2.25. The van der Waals surface area contributed by atoms with Crippen LogP contribution >= 0.6 is 0 Å². The first-order chi connectivity index (χ1) is 8.90. The molecular formula is C15H29NO3. The van der Waals surface area contributed by atoms with Crippen LogP contribution in [0.4, 0.5) is 0 Å². The molecule has 4 nitrogen and oxygen atoms in total. The Balaban J connectivity index is 2.26. The van der Waals surface area contributed by atoms with Gasteiger partial charge in [0.2, 0.25) is 0 Å². The van der Waals surface area contributed by atoms with Gasteiger partial charge in [-0.15, -0.1) is 0 Å². The first-order valence-electron chi connectivity index (χ1n) is 7.50. The van der Waals surface area contributed by atoms with Gasteiger partial charge in [0.1, 0.15) is 6.04 Å². The van der Waals surface area contributed by atoms with Gasteiger partial charge < -0.3 is 15.2 Å². The molecule has 0 aromatic carbocycles. The highest BCUT2D eigenvalue weighted by Crippen LogP contribution is 2.30. The van der Waals surface area contributed by atoms with Crippen molar-refractivity contribution in [2.24, 2.45) is 11.8 Å². The summed E-state index contributed by atoms with van der Waals surface area (Å²) in [6.45, 7) is 9.03. The summed E-state index contributed by atoms with van der Waals surface area (Å²) >= 11 is 0. The third kappa shape index (κ3) is 5.91. The molecule has 4 heteroatoms. The first-order valence-corrected chi connectivity index (χ1v) is 7.50. The standard InChI is InChI=1S/C15H29NO3/c1-10(2)16-14(15(17)18)7-8-19-13-6-5-11(3)12(4)9-13/h10-14,16H,5-9H2,1-4H3,(H,17,18). The van der Waals surface area contributed by atoms with Crippen molar-refractivity contribution in [2.45, 2.75) is 71.6 Å². The lowest BCUT2D eigenvalue weighted by Crippen LogP contribution is -2.41. The van der Waals surface area contributed by atoms with E-state index in [0.717, 1.165) is 18.8 Å². The molecule has 0 bridgehead atoms. The maximum atomic E-state index is 11.1. The van der Waals surface area contributed by atoms with Crippen molar-refractivity contribution in [3.8, 4) is 0 Å². The summed E-state index contributed by atoms with van der Waals surface area (Å²) in [6, 6.07) is -0.323. The minimum absolute atomic E-state index is 0.177. The Hall–Kier alpha value is -0.610. The van der Waals surface area contributed by atoms with Crippen molar-refractivity contribution in [2.75, 3.05) is 6.61 Å². The van der Waals surface area contributed by atoms with E-state index >= 15 is 0 Å². The largest absolute Gasteiger partial charge is 0.480 e. The molecule has 1 saturated carbocycles.